The maximum Gasteiger partial charge on any atom is 0.309 e. The van der Waals surface area contributed by atoms with Crippen molar-refractivity contribution >= 4 is 5.97 Å². The zero-order valence-corrected chi connectivity index (χ0v) is 7.08. The van der Waals surface area contributed by atoms with Crippen LogP contribution in [0.25, 0.3) is 0 Å². The Kier molecular flexibility index (Phi) is 1.06. The number of epoxide rings is 1. The molecular formula is C9H12O3. The van der Waals surface area contributed by atoms with Crippen molar-refractivity contribution in [1.82, 2.24) is 0 Å². The molecule has 66 valence electrons. The topological polar surface area (TPSA) is 38.8 Å². The lowest BCUT2D eigenvalue weighted by atomic mass is 9.71. The highest BCUT2D eigenvalue weighted by Gasteiger charge is 2.70. The van der Waals surface area contributed by atoms with Crippen LogP contribution >= 0.6 is 0 Å². The van der Waals surface area contributed by atoms with Gasteiger partial charge in [-0.15, -0.1) is 0 Å². The largest absolute Gasteiger partial charge is 0.469 e. The van der Waals surface area contributed by atoms with Crippen LogP contribution in [-0.2, 0) is 14.3 Å². The van der Waals surface area contributed by atoms with Gasteiger partial charge in [0.1, 0.15) is 0 Å². The Bertz CT molecular complexity index is 244. The summed E-state index contributed by atoms with van der Waals surface area (Å²) in [5.74, 6) is 1.18. The lowest BCUT2D eigenvalue weighted by molar-refractivity contribution is -0.153. The van der Waals surface area contributed by atoms with Crippen molar-refractivity contribution in [1.29, 1.82) is 0 Å². The van der Waals surface area contributed by atoms with Crippen molar-refractivity contribution in [3.05, 3.63) is 0 Å². The van der Waals surface area contributed by atoms with Crippen molar-refractivity contribution in [3.8, 4) is 0 Å². The van der Waals surface area contributed by atoms with Crippen molar-refractivity contribution in [2.24, 2.45) is 17.8 Å². The number of methoxy groups -OCH3 is 1. The highest BCUT2D eigenvalue weighted by molar-refractivity contribution is 5.75. The number of carbonyl (C=O) groups excluding carboxylic acids is 1. The van der Waals surface area contributed by atoms with Gasteiger partial charge in [0, 0.05) is 5.92 Å². The normalized spacial score (nSPS) is 53.6. The molecule has 0 unspecified atom stereocenters. The molecule has 4 aliphatic rings. The molecule has 3 aliphatic carbocycles. The first-order valence-corrected chi connectivity index (χ1v) is 4.49. The first-order valence-electron chi connectivity index (χ1n) is 4.49. The van der Waals surface area contributed by atoms with E-state index in [0.29, 0.717) is 11.8 Å². The van der Waals surface area contributed by atoms with E-state index in [1.807, 2.05) is 0 Å². The number of carbonyl (C=O) groups is 1. The monoisotopic (exact) mass is 168 g/mol. The maximum absolute atomic E-state index is 11.3. The summed E-state index contributed by atoms with van der Waals surface area (Å²) in [4.78, 5) is 11.3. The summed E-state index contributed by atoms with van der Waals surface area (Å²) in [6, 6.07) is 0. The van der Waals surface area contributed by atoms with E-state index >= 15 is 0 Å². The maximum atomic E-state index is 11.3. The van der Waals surface area contributed by atoms with Crippen molar-refractivity contribution in [2.75, 3.05) is 13.7 Å². The fourth-order valence-corrected chi connectivity index (χ4v) is 3.02. The lowest BCUT2D eigenvalue weighted by Gasteiger charge is -2.33. The quantitative estimate of drug-likeness (QED) is 0.425. The Morgan fingerprint density at radius 3 is 2.92 bits per heavy atom. The summed E-state index contributed by atoms with van der Waals surface area (Å²) < 4.78 is 10.2. The zero-order chi connectivity index (χ0) is 8.34. The van der Waals surface area contributed by atoms with E-state index in [4.69, 9.17) is 9.47 Å². The van der Waals surface area contributed by atoms with E-state index in [1.54, 1.807) is 0 Å². The molecule has 3 nitrogen and oxygen atoms in total. The third kappa shape index (κ3) is 0.600. The third-order valence-corrected chi connectivity index (χ3v) is 3.77. The number of hydrogen-bond acceptors (Lipinski definition) is 3. The van der Waals surface area contributed by atoms with Gasteiger partial charge in [-0.25, -0.2) is 0 Å². The van der Waals surface area contributed by atoms with Crippen LogP contribution in [0, 0.1) is 17.8 Å². The number of esters is 1. The molecule has 1 saturated heterocycles. The molecule has 1 heterocycles. The molecule has 2 bridgehead atoms. The SMILES string of the molecule is COC(=O)[C@@H]1[C@@H]2C[C@H]1[C@@]1(CO1)C2. The van der Waals surface area contributed by atoms with Gasteiger partial charge in [-0.2, -0.15) is 0 Å². The molecule has 4 rings (SSSR count). The molecule has 0 radical (unpaired) electrons. The number of hydrogen-bond donors (Lipinski definition) is 0. The van der Waals surface area contributed by atoms with E-state index in [0.717, 1.165) is 13.0 Å². The number of ether oxygens (including phenoxy) is 2. The van der Waals surface area contributed by atoms with Crippen LogP contribution in [0.5, 0.6) is 0 Å². The first kappa shape index (κ1) is 6.89. The molecule has 0 amide bonds. The molecule has 4 atom stereocenters. The molecule has 3 saturated carbocycles. The minimum Gasteiger partial charge on any atom is -0.469 e. The fourth-order valence-electron chi connectivity index (χ4n) is 3.02. The highest BCUT2D eigenvalue weighted by Crippen LogP contribution is 2.65. The Labute approximate surface area is 71.0 Å². The predicted octanol–water partition coefficient (Wildman–Crippen LogP) is 0.584. The molecular weight excluding hydrogens is 156 g/mol. The second-order valence-corrected chi connectivity index (χ2v) is 4.21. The summed E-state index contributed by atoms with van der Waals surface area (Å²) in [5, 5.41) is 0. The molecule has 4 fully saturated rings. The van der Waals surface area contributed by atoms with Crippen LogP contribution < -0.4 is 0 Å². The van der Waals surface area contributed by atoms with Crippen LogP contribution in [0.4, 0.5) is 0 Å². The summed E-state index contributed by atoms with van der Waals surface area (Å²) in [7, 11) is 1.47. The van der Waals surface area contributed by atoms with E-state index in [1.165, 1.54) is 13.5 Å². The summed E-state index contributed by atoms with van der Waals surface area (Å²) in [5.41, 5.74) is 0.128. The van der Waals surface area contributed by atoms with Gasteiger partial charge < -0.3 is 9.47 Å². The van der Waals surface area contributed by atoms with Gasteiger partial charge in [0.2, 0.25) is 0 Å². The molecule has 12 heavy (non-hydrogen) atoms. The summed E-state index contributed by atoms with van der Waals surface area (Å²) in [6.45, 7) is 0.877. The standard InChI is InChI=1S/C9H12O3/c1-11-8(10)7-5-2-6(7)9(3-5)4-12-9/h5-7H,2-4H2,1H3/t5-,6-,7-,9+/m1/s1. The number of rotatable bonds is 1. The van der Waals surface area contributed by atoms with Crippen LogP contribution in [0.1, 0.15) is 12.8 Å². The molecule has 1 spiro atoms. The molecule has 0 aromatic heterocycles. The van der Waals surface area contributed by atoms with Crippen molar-refractivity contribution in [2.45, 2.75) is 18.4 Å². The zero-order valence-electron chi connectivity index (χ0n) is 7.08. The van der Waals surface area contributed by atoms with Crippen LogP contribution in [0.15, 0.2) is 0 Å². The first-order chi connectivity index (χ1) is 5.77. The predicted molar refractivity (Wildman–Crippen MR) is 40.4 cm³/mol. The average molecular weight is 168 g/mol. The van der Waals surface area contributed by atoms with Gasteiger partial charge in [0.15, 0.2) is 0 Å². The Balaban J connectivity index is 1.81. The van der Waals surface area contributed by atoms with Gasteiger partial charge in [-0.3, -0.25) is 4.79 Å². The van der Waals surface area contributed by atoms with Gasteiger partial charge in [0.05, 0.1) is 25.2 Å². The minimum atomic E-state index is -0.0244. The van der Waals surface area contributed by atoms with E-state index in [9.17, 15) is 4.79 Å². The van der Waals surface area contributed by atoms with E-state index in [2.05, 4.69) is 0 Å². The summed E-state index contributed by atoms with van der Waals surface area (Å²) >= 11 is 0. The highest BCUT2D eigenvalue weighted by atomic mass is 16.6. The Morgan fingerprint density at radius 1 is 1.67 bits per heavy atom. The smallest absolute Gasteiger partial charge is 0.309 e. The van der Waals surface area contributed by atoms with E-state index in [-0.39, 0.29) is 17.5 Å². The molecule has 1 aliphatic heterocycles. The molecule has 3 heteroatoms. The minimum absolute atomic E-state index is 0.0244. The molecule has 0 N–H and O–H groups in total. The summed E-state index contributed by atoms with van der Waals surface area (Å²) in [6.07, 6.45) is 2.28. The second-order valence-electron chi connectivity index (χ2n) is 4.21. The Morgan fingerprint density at radius 2 is 2.42 bits per heavy atom. The molecule has 0 aromatic rings. The lowest BCUT2D eigenvalue weighted by Crippen LogP contribution is -2.38. The van der Waals surface area contributed by atoms with Crippen molar-refractivity contribution in [3.63, 3.8) is 0 Å². The van der Waals surface area contributed by atoms with Gasteiger partial charge >= 0.3 is 5.97 Å². The molecule has 0 aromatic carbocycles. The Hall–Kier alpha value is -0.570. The van der Waals surface area contributed by atoms with Gasteiger partial charge in [0.25, 0.3) is 0 Å². The second kappa shape index (κ2) is 1.84. The average Bonchev–Trinajstić information content (AvgIpc) is 2.54. The van der Waals surface area contributed by atoms with Gasteiger partial charge in [-0.05, 0) is 18.8 Å². The van der Waals surface area contributed by atoms with E-state index < -0.39 is 0 Å². The van der Waals surface area contributed by atoms with Crippen LogP contribution in [-0.4, -0.2) is 25.3 Å². The third-order valence-electron chi connectivity index (χ3n) is 3.77. The van der Waals surface area contributed by atoms with Crippen LogP contribution in [0.3, 0.4) is 0 Å². The fraction of sp³-hybridized carbons (Fsp3) is 0.889. The van der Waals surface area contributed by atoms with Crippen molar-refractivity contribution < 1.29 is 14.3 Å². The van der Waals surface area contributed by atoms with Crippen LogP contribution in [0.2, 0.25) is 0 Å². The van der Waals surface area contributed by atoms with Gasteiger partial charge in [-0.1, -0.05) is 0 Å².